The molecule has 1 saturated heterocycles. The Morgan fingerprint density at radius 2 is 1.66 bits per heavy atom. The van der Waals surface area contributed by atoms with Crippen molar-refractivity contribution in [3.63, 3.8) is 0 Å². The van der Waals surface area contributed by atoms with Gasteiger partial charge in [0, 0.05) is 24.8 Å². The Hall–Kier alpha value is -2.68. The Labute approximate surface area is 259 Å². The predicted octanol–water partition coefficient (Wildman–Crippen LogP) is 6.56. The van der Waals surface area contributed by atoms with Gasteiger partial charge in [-0.05, 0) is 73.4 Å². The van der Waals surface area contributed by atoms with Crippen LogP contribution in [0.2, 0.25) is 20.1 Å². The van der Waals surface area contributed by atoms with Gasteiger partial charge >= 0.3 is 0 Å². The molecule has 5 rings (SSSR count). The minimum atomic E-state index is -0.695. The zero-order valence-corrected chi connectivity index (χ0v) is 25.4. The van der Waals surface area contributed by atoms with Crippen molar-refractivity contribution in [3.8, 4) is 11.5 Å². The first-order chi connectivity index (χ1) is 19.7. The molecule has 1 aliphatic heterocycles. The molecule has 1 N–H and O–H groups in total. The highest BCUT2D eigenvalue weighted by molar-refractivity contribution is 6.42. The lowest BCUT2D eigenvalue weighted by Gasteiger charge is -2.38. The number of nitrogens with one attached hydrogen (secondary N) is 1. The van der Waals surface area contributed by atoms with E-state index in [1.165, 1.54) is 0 Å². The predicted molar refractivity (Wildman–Crippen MR) is 163 cm³/mol. The van der Waals surface area contributed by atoms with Crippen LogP contribution in [-0.2, 0) is 16.1 Å². The summed E-state index contributed by atoms with van der Waals surface area (Å²) in [6.45, 7) is 3.22. The van der Waals surface area contributed by atoms with Crippen LogP contribution in [0.3, 0.4) is 0 Å². The van der Waals surface area contributed by atoms with Gasteiger partial charge in [-0.3, -0.25) is 14.5 Å². The monoisotopic (exact) mass is 635 g/mol. The number of ether oxygens (including phenoxy) is 2. The number of hydrogen-bond acceptors (Lipinski definition) is 5. The third kappa shape index (κ3) is 7.04. The van der Waals surface area contributed by atoms with Gasteiger partial charge in [0.15, 0.2) is 5.75 Å². The zero-order valence-electron chi connectivity index (χ0n) is 22.3. The number of nitrogens with zero attached hydrogens (tertiary/aromatic N) is 2. The van der Waals surface area contributed by atoms with E-state index in [4.69, 9.17) is 55.9 Å². The summed E-state index contributed by atoms with van der Waals surface area (Å²) in [4.78, 5) is 30.3. The maximum atomic E-state index is 13.9. The lowest BCUT2D eigenvalue weighted by Crippen LogP contribution is -2.61. The Bertz CT molecular complexity index is 1410. The smallest absolute Gasteiger partial charge is 0.247 e. The van der Waals surface area contributed by atoms with Crippen molar-refractivity contribution in [1.82, 2.24) is 10.2 Å². The molecule has 0 unspecified atom stereocenters. The van der Waals surface area contributed by atoms with Gasteiger partial charge in [0.05, 0.1) is 26.6 Å². The molecule has 7 nitrogen and oxygen atoms in total. The molecule has 0 aromatic heterocycles. The number of carbonyl (C=O) groups is 2. The van der Waals surface area contributed by atoms with Gasteiger partial charge in [-0.15, -0.1) is 0 Å². The third-order valence-electron chi connectivity index (χ3n) is 6.98. The standard InChI is InChI=1S/C30H29Cl4N3O4/c1-18-13-24(32)29(25(33)14-18)41-12-11-40-22-9-7-21(8-10-22)37-26(15-35-16-27(37)38)30(39)36(20-5-6-20)17-19-3-2-4-23(31)28(19)34/h2-4,7-10,13-14,20,26,35H,5-6,11-12,15-17H2,1H3/t26-/m1/s1. The van der Waals surface area contributed by atoms with Crippen LogP contribution in [0.4, 0.5) is 5.69 Å². The van der Waals surface area contributed by atoms with Crippen LogP contribution in [0.5, 0.6) is 11.5 Å². The molecule has 0 bridgehead atoms. The van der Waals surface area contributed by atoms with E-state index >= 15 is 0 Å². The van der Waals surface area contributed by atoms with Crippen LogP contribution in [-0.4, -0.2) is 55.1 Å². The van der Waals surface area contributed by atoms with E-state index < -0.39 is 6.04 Å². The van der Waals surface area contributed by atoms with Gasteiger partial charge in [-0.25, -0.2) is 0 Å². The topological polar surface area (TPSA) is 71.1 Å². The first-order valence-electron chi connectivity index (χ1n) is 13.3. The lowest BCUT2D eigenvalue weighted by molar-refractivity contribution is -0.136. The van der Waals surface area contributed by atoms with Gasteiger partial charge in [-0.2, -0.15) is 0 Å². The highest BCUT2D eigenvalue weighted by atomic mass is 35.5. The fourth-order valence-corrected chi connectivity index (χ4v) is 5.92. The SMILES string of the molecule is Cc1cc(Cl)c(OCCOc2ccc(N3C(=O)CNC[C@@H]3C(=O)N(Cc3cccc(Cl)c3Cl)C3CC3)cc2)c(Cl)c1. The van der Waals surface area contributed by atoms with E-state index in [-0.39, 0.29) is 37.6 Å². The minimum Gasteiger partial charge on any atom is -0.490 e. The van der Waals surface area contributed by atoms with Crippen LogP contribution in [0.15, 0.2) is 54.6 Å². The van der Waals surface area contributed by atoms with E-state index in [1.54, 1.807) is 47.4 Å². The summed E-state index contributed by atoms with van der Waals surface area (Å²) in [5.41, 5.74) is 2.34. The van der Waals surface area contributed by atoms with Crippen molar-refractivity contribution in [3.05, 3.63) is 85.8 Å². The zero-order chi connectivity index (χ0) is 29.1. The third-order valence-corrected chi connectivity index (χ3v) is 8.40. The molecule has 216 valence electrons. The molecule has 3 aromatic rings. The number of anilines is 1. The van der Waals surface area contributed by atoms with Crippen LogP contribution >= 0.6 is 46.4 Å². The van der Waals surface area contributed by atoms with Gasteiger partial charge in [0.2, 0.25) is 11.8 Å². The van der Waals surface area contributed by atoms with Crippen molar-refractivity contribution in [2.75, 3.05) is 31.2 Å². The second-order valence-corrected chi connectivity index (χ2v) is 11.7. The Morgan fingerprint density at radius 1 is 0.976 bits per heavy atom. The second-order valence-electron chi connectivity index (χ2n) is 10.1. The molecule has 1 heterocycles. The second kappa shape index (κ2) is 13.1. The van der Waals surface area contributed by atoms with Gasteiger partial charge in [-0.1, -0.05) is 58.5 Å². The summed E-state index contributed by atoms with van der Waals surface area (Å²) in [5, 5.41) is 4.86. The molecule has 41 heavy (non-hydrogen) atoms. The maximum absolute atomic E-state index is 13.9. The highest BCUT2D eigenvalue weighted by Crippen LogP contribution is 2.35. The van der Waals surface area contributed by atoms with Gasteiger partial charge < -0.3 is 19.7 Å². The molecule has 0 radical (unpaired) electrons. The molecule has 3 aromatic carbocycles. The first kappa shape index (κ1) is 29.8. The Balaban J connectivity index is 1.25. The summed E-state index contributed by atoms with van der Waals surface area (Å²) < 4.78 is 11.5. The van der Waals surface area contributed by atoms with Crippen LogP contribution in [0, 0.1) is 6.92 Å². The molecule has 1 atom stereocenters. The normalized spacial score (nSPS) is 17.0. The van der Waals surface area contributed by atoms with E-state index in [9.17, 15) is 9.59 Å². The average molecular weight is 637 g/mol. The van der Waals surface area contributed by atoms with Crippen molar-refractivity contribution < 1.29 is 19.1 Å². The van der Waals surface area contributed by atoms with Crippen molar-refractivity contribution in [2.24, 2.45) is 0 Å². The fourth-order valence-electron chi connectivity index (χ4n) is 4.84. The largest absolute Gasteiger partial charge is 0.490 e. The number of carbonyl (C=O) groups excluding carboxylic acids is 2. The number of rotatable bonds is 10. The number of halogens is 4. The molecule has 2 fully saturated rings. The first-order valence-corrected chi connectivity index (χ1v) is 14.8. The van der Waals surface area contributed by atoms with E-state index in [1.807, 2.05) is 24.0 Å². The molecule has 1 saturated carbocycles. The summed E-state index contributed by atoms with van der Waals surface area (Å²) in [5.74, 6) is 0.706. The number of aryl methyl sites for hydroxylation is 1. The summed E-state index contributed by atoms with van der Waals surface area (Å²) in [7, 11) is 0. The quantitative estimate of drug-likeness (QED) is 0.255. The van der Waals surface area contributed by atoms with Gasteiger partial charge in [0.1, 0.15) is 25.0 Å². The number of hydrogen-bond donors (Lipinski definition) is 1. The minimum absolute atomic E-state index is 0.110. The average Bonchev–Trinajstić information content (AvgIpc) is 3.78. The number of piperazine rings is 1. The fraction of sp³-hybridized carbons (Fsp3) is 0.333. The Morgan fingerprint density at radius 3 is 2.34 bits per heavy atom. The molecule has 2 amide bonds. The van der Waals surface area contributed by atoms with Crippen LogP contribution in [0.1, 0.15) is 24.0 Å². The Kier molecular flexibility index (Phi) is 9.52. The van der Waals surface area contributed by atoms with E-state index in [0.29, 0.717) is 50.4 Å². The molecular weight excluding hydrogens is 608 g/mol. The highest BCUT2D eigenvalue weighted by Gasteiger charge is 2.41. The maximum Gasteiger partial charge on any atom is 0.247 e. The number of benzene rings is 3. The van der Waals surface area contributed by atoms with E-state index in [0.717, 1.165) is 24.0 Å². The molecule has 1 aliphatic carbocycles. The van der Waals surface area contributed by atoms with Crippen molar-refractivity contribution in [1.29, 1.82) is 0 Å². The lowest BCUT2D eigenvalue weighted by atomic mass is 10.1. The van der Waals surface area contributed by atoms with Crippen molar-refractivity contribution in [2.45, 2.75) is 38.4 Å². The van der Waals surface area contributed by atoms with Gasteiger partial charge in [0.25, 0.3) is 0 Å². The molecule has 11 heteroatoms. The summed E-state index contributed by atoms with van der Waals surface area (Å²) in [6, 6.07) is 15.5. The molecule has 2 aliphatic rings. The summed E-state index contributed by atoms with van der Waals surface area (Å²) in [6.07, 6.45) is 1.83. The van der Waals surface area contributed by atoms with Crippen molar-refractivity contribution >= 4 is 63.9 Å². The van der Waals surface area contributed by atoms with Crippen LogP contribution in [0.25, 0.3) is 0 Å². The van der Waals surface area contributed by atoms with E-state index in [2.05, 4.69) is 5.32 Å². The summed E-state index contributed by atoms with van der Waals surface area (Å²) >= 11 is 25.1. The molecule has 0 spiro atoms. The molecular formula is C30H29Cl4N3O4. The number of amides is 2. The van der Waals surface area contributed by atoms with Crippen LogP contribution < -0.4 is 19.7 Å².